The molecule has 1 saturated carbocycles. The van der Waals surface area contributed by atoms with E-state index in [2.05, 4.69) is 15.3 Å². The number of rotatable bonds is 4. The van der Waals surface area contributed by atoms with Crippen LogP contribution in [0.4, 0.5) is 5.82 Å². The molecule has 1 fully saturated rings. The number of anilines is 1. The Morgan fingerprint density at radius 3 is 2.56 bits per heavy atom. The molecule has 1 aromatic heterocycles. The van der Waals surface area contributed by atoms with Gasteiger partial charge in [-0.3, -0.25) is 0 Å². The Hall–Kier alpha value is -1.16. The summed E-state index contributed by atoms with van der Waals surface area (Å²) < 4.78 is 0. The Morgan fingerprint density at radius 1 is 1.22 bits per heavy atom. The van der Waals surface area contributed by atoms with Crippen molar-refractivity contribution >= 4 is 5.82 Å². The first-order chi connectivity index (χ1) is 8.63. The van der Waals surface area contributed by atoms with Crippen molar-refractivity contribution in [1.29, 1.82) is 0 Å². The van der Waals surface area contributed by atoms with Gasteiger partial charge in [0, 0.05) is 23.7 Å². The standard InChI is InChI=1S/C14H23N3O/c1-11-8-13(17-12(2)16-11)15-9-14(10-18)6-4-3-5-7-14/h8,18H,3-7,9-10H2,1-2H3,(H,15,16,17). The predicted molar refractivity (Wildman–Crippen MR) is 72.6 cm³/mol. The van der Waals surface area contributed by atoms with E-state index in [1.807, 2.05) is 19.9 Å². The van der Waals surface area contributed by atoms with Crippen molar-refractivity contribution in [3.05, 3.63) is 17.6 Å². The average Bonchev–Trinajstić information content (AvgIpc) is 2.36. The Morgan fingerprint density at radius 2 is 1.94 bits per heavy atom. The monoisotopic (exact) mass is 249 g/mol. The molecule has 4 nitrogen and oxygen atoms in total. The Kier molecular flexibility index (Phi) is 4.17. The van der Waals surface area contributed by atoms with E-state index in [1.165, 1.54) is 19.3 Å². The molecule has 1 aliphatic rings. The number of hydrogen-bond acceptors (Lipinski definition) is 4. The summed E-state index contributed by atoms with van der Waals surface area (Å²) in [7, 11) is 0. The van der Waals surface area contributed by atoms with Crippen LogP contribution in [-0.4, -0.2) is 28.2 Å². The van der Waals surface area contributed by atoms with Crippen LogP contribution in [-0.2, 0) is 0 Å². The highest BCUT2D eigenvalue weighted by Gasteiger charge is 2.31. The summed E-state index contributed by atoms with van der Waals surface area (Å²) in [5.41, 5.74) is 1.03. The molecule has 1 heterocycles. The maximum absolute atomic E-state index is 9.66. The summed E-state index contributed by atoms with van der Waals surface area (Å²) in [5.74, 6) is 1.66. The van der Waals surface area contributed by atoms with Crippen molar-refractivity contribution in [2.75, 3.05) is 18.5 Å². The fourth-order valence-corrected chi connectivity index (χ4v) is 2.78. The minimum absolute atomic E-state index is 0.0466. The molecule has 0 atom stereocenters. The summed E-state index contributed by atoms with van der Waals surface area (Å²) in [6, 6.07) is 1.96. The highest BCUT2D eigenvalue weighted by atomic mass is 16.3. The molecular formula is C14H23N3O. The first kappa shape index (κ1) is 13.3. The fraction of sp³-hybridized carbons (Fsp3) is 0.714. The molecule has 0 unspecified atom stereocenters. The van der Waals surface area contributed by atoms with Crippen molar-refractivity contribution in [2.24, 2.45) is 5.41 Å². The van der Waals surface area contributed by atoms with E-state index in [0.29, 0.717) is 0 Å². The van der Waals surface area contributed by atoms with Crippen LogP contribution in [0.1, 0.15) is 43.6 Å². The van der Waals surface area contributed by atoms with E-state index < -0.39 is 0 Å². The minimum Gasteiger partial charge on any atom is -0.396 e. The maximum atomic E-state index is 9.66. The molecule has 2 rings (SSSR count). The lowest BCUT2D eigenvalue weighted by atomic mass is 9.74. The second-order valence-electron chi connectivity index (χ2n) is 5.51. The topological polar surface area (TPSA) is 58.0 Å². The molecule has 2 N–H and O–H groups in total. The van der Waals surface area contributed by atoms with Gasteiger partial charge < -0.3 is 10.4 Å². The minimum atomic E-state index is 0.0466. The van der Waals surface area contributed by atoms with Crippen molar-refractivity contribution < 1.29 is 5.11 Å². The van der Waals surface area contributed by atoms with E-state index in [1.54, 1.807) is 0 Å². The smallest absolute Gasteiger partial charge is 0.129 e. The summed E-state index contributed by atoms with van der Waals surface area (Å²) in [5, 5.41) is 13.0. The summed E-state index contributed by atoms with van der Waals surface area (Å²) >= 11 is 0. The van der Waals surface area contributed by atoms with Gasteiger partial charge in [-0.05, 0) is 26.7 Å². The molecule has 0 aliphatic heterocycles. The number of aliphatic hydroxyl groups excluding tert-OH is 1. The second kappa shape index (κ2) is 5.65. The van der Waals surface area contributed by atoms with E-state index in [9.17, 15) is 5.11 Å². The Bertz CT molecular complexity index is 380. The molecule has 100 valence electrons. The lowest BCUT2D eigenvalue weighted by Gasteiger charge is -2.35. The molecule has 0 amide bonds. The van der Waals surface area contributed by atoms with E-state index in [0.717, 1.165) is 36.7 Å². The second-order valence-corrected chi connectivity index (χ2v) is 5.51. The van der Waals surface area contributed by atoms with Crippen molar-refractivity contribution in [3.8, 4) is 0 Å². The molecular weight excluding hydrogens is 226 g/mol. The number of aryl methyl sites for hydroxylation is 2. The summed E-state index contributed by atoms with van der Waals surface area (Å²) in [6.07, 6.45) is 5.97. The number of nitrogens with one attached hydrogen (secondary N) is 1. The number of aromatic nitrogens is 2. The molecule has 0 saturated heterocycles. The lowest BCUT2D eigenvalue weighted by molar-refractivity contribution is 0.0943. The Labute approximate surface area is 109 Å². The highest BCUT2D eigenvalue weighted by Crippen LogP contribution is 2.35. The van der Waals surface area contributed by atoms with Crippen molar-refractivity contribution in [3.63, 3.8) is 0 Å². The zero-order valence-electron chi connectivity index (χ0n) is 11.4. The average molecular weight is 249 g/mol. The molecule has 0 radical (unpaired) electrons. The van der Waals surface area contributed by atoms with Gasteiger partial charge in [-0.15, -0.1) is 0 Å². The summed E-state index contributed by atoms with van der Waals surface area (Å²) in [4.78, 5) is 8.65. The van der Waals surface area contributed by atoms with Gasteiger partial charge in [0.05, 0.1) is 6.61 Å². The SMILES string of the molecule is Cc1cc(NCC2(CO)CCCCC2)nc(C)n1. The predicted octanol–water partition coefficient (Wildman–Crippen LogP) is 2.45. The van der Waals surface area contributed by atoms with E-state index >= 15 is 0 Å². The largest absolute Gasteiger partial charge is 0.396 e. The van der Waals surface area contributed by atoms with Gasteiger partial charge in [0.15, 0.2) is 0 Å². The molecule has 0 spiro atoms. The van der Waals surface area contributed by atoms with Gasteiger partial charge in [0.1, 0.15) is 11.6 Å². The molecule has 18 heavy (non-hydrogen) atoms. The quantitative estimate of drug-likeness (QED) is 0.860. The normalized spacial score (nSPS) is 18.6. The maximum Gasteiger partial charge on any atom is 0.129 e. The van der Waals surface area contributed by atoms with Gasteiger partial charge in [0.2, 0.25) is 0 Å². The van der Waals surface area contributed by atoms with Crippen LogP contribution in [0, 0.1) is 19.3 Å². The zero-order chi connectivity index (χ0) is 13.0. The lowest BCUT2D eigenvalue weighted by Crippen LogP contribution is -2.35. The van der Waals surface area contributed by atoms with Gasteiger partial charge in [-0.25, -0.2) is 9.97 Å². The molecule has 1 aliphatic carbocycles. The van der Waals surface area contributed by atoms with Gasteiger partial charge in [-0.2, -0.15) is 0 Å². The van der Waals surface area contributed by atoms with Crippen LogP contribution in [0.2, 0.25) is 0 Å². The van der Waals surface area contributed by atoms with Crippen LogP contribution in [0.5, 0.6) is 0 Å². The zero-order valence-corrected chi connectivity index (χ0v) is 11.4. The van der Waals surface area contributed by atoms with Gasteiger partial charge in [-0.1, -0.05) is 19.3 Å². The number of nitrogens with zero attached hydrogens (tertiary/aromatic N) is 2. The van der Waals surface area contributed by atoms with E-state index in [-0.39, 0.29) is 12.0 Å². The molecule has 4 heteroatoms. The third kappa shape index (κ3) is 3.19. The molecule has 0 aromatic carbocycles. The molecule has 1 aromatic rings. The third-order valence-electron chi connectivity index (χ3n) is 3.86. The Balaban J connectivity index is 2.00. The van der Waals surface area contributed by atoms with E-state index in [4.69, 9.17) is 0 Å². The highest BCUT2D eigenvalue weighted by molar-refractivity contribution is 5.36. The third-order valence-corrected chi connectivity index (χ3v) is 3.86. The first-order valence-corrected chi connectivity index (χ1v) is 6.81. The van der Waals surface area contributed by atoms with Crippen LogP contribution >= 0.6 is 0 Å². The fourth-order valence-electron chi connectivity index (χ4n) is 2.78. The molecule has 0 bridgehead atoms. The van der Waals surface area contributed by atoms with Crippen molar-refractivity contribution in [1.82, 2.24) is 9.97 Å². The van der Waals surface area contributed by atoms with Gasteiger partial charge >= 0.3 is 0 Å². The van der Waals surface area contributed by atoms with Gasteiger partial charge in [0.25, 0.3) is 0 Å². The summed E-state index contributed by atoms with van der Waals surface area (Å²) in [6.45, 7) is 4.95. The van der Waals surface area contributed by atoms with Crippen LogP contribution in [0.3, 0.4) is 0 Å². The van der Waals surface area contributed by atoms with Crippen LogP contribution < -0.4 is 5.32 Å². The van der Waals surface area contributed by atoms with Crippen LogP contribution in [0.25, 0.3) is 0 Å². The first-order valence-electron chi connectivity index (χ1n) is 6.81. The number of aliphatic hydroxyl groups is 1. The number of hydrogen-bond donors (Lipinski definition) is 2. The van der Waals surface area contributed by atoms with Crippen LogP contribution in [0.15, 0.2) is 6.07 Å². The van der Waals surface area contributed by atoms with Crippen molar-refractivity contribution in [2.45, 2.75) is 46.0 Å².